The van der Waals surface area contributed by atoms with Gasteiger partial charge in [-0.1, -0.05) is 29.4 Å². The lowest BCUT2D eigenvalue weighted by molar-refractivity contribution is -0.148. The van der Waals surface area contributed by atoms with E-state index in [2.05, 4.69) is 27.8 Å². The summed E-state index contributed by atoms with van der Waals surface area (Å²) in [5.41, 5.74) is -0.775. The highest BCUT2D eigenvalue weighted by Crippen LogP contribution is 2.34. The van der Waals surface area contributed by atoms with Gasteiger partial charge >= 0.3 is 12.0 Å². The molecule has 0 spiro atoms. The number of carboxylic acids is 1. The predicted molar refractivity (Wildman–Crippen MR) is 68.0 cm³/mol. The summed E-state index contributed by atoms with van der Waals surface area (Å²) in [7, 11) is 0. The molecular formula is C11H17BrN2O3. The van der Waals surface area contributed by atoms with Crippen LogP contribution >= 0.6 is 15.9 Å². The summed E-state index contributed by atoms with van der Waals surface area (Å²) < 4.78 is 0.685. The summed E-state index contributed by atoms with van der Waals surface area (Å²) in [6.07, 6.45) is 1.05. The van der Waals surface area contributed by atoms with Gasteiger partial charge in [0.15, 0.2) is 0 Å². The average molecular weight is 305 g/mol. The van der Waals surface area contributed by atoms with Crippen LogP contribution in [0.15, 0.2) is 11.1 Å². The van der Waals surface area contributed by atoms with Gasteiger partial charge in [0, 0.05) is 17.6 Å². The Kier molecular flexibility index (Phi) is 4.56. The summed E-state index contributed by atoms with van der Waals surface area (Å²) in [4.78, 5) is 24.5. The topological polar surface area (TPSA) is 69.6 Å². The summed E-state index contributed by atoms with van der Waals surface area (Å²) >= 11 is 3.15. The first kappa shape index (κ1) is 14.0. The molecule has 1 fully saturated rings. The number of rotatable bonds is 4. The first-order valence-corrected chi connectivity index (χ1v) is 6.30. The highest BCUT2D eigenvalue weighted by atomic mass is 79.9. The minimum absolute atomic E-state index is 0.234. The number of carbonyl (C=O) groups is 2. The Bertz CT molecular complexity index is 346. The number of likely N-dealkylation sites (tertiary alicyclic amines) is 1. The lowest BCUT2D eigenvalue weighted by Gasteiger charge is -2.23. The van der Waals surface area contributed by atoms with Gasteiger partial charge in [-0.3, -0.25) is 4.79 Å². The number of halogens is 1. The van der Waals surface area contributed by atoms with Crippen molar-refractivity contribution in [2.75, 3.05) is 19.6 Å². The van der Waals surface area contributed by atoms with Gasteiger partial charge in [-0.2, -0.15) is 0 Å². The van der Waals surface area contributed by atoms with Crippen LogP contribution in [0.25, 0.3) is 0 Å². The van der Waals surface area contributed by atoms with Crippen molar-refractivity contribution in [3.8, 4) is 0 Å². The van der Waals surface area contributed by atoms with Crippen LogP contribution in [0.4, 0.5) is 4.79 Å². The van der Waals surface area contributed by atoms with Gasteiger partial charge in [-0.25, -0.2) is 4.79 Å². The molecule has 6 heteroatoms. The van der Waals surface area contributed by atoms with Crippen molar-refractivity contribution in [1.82, 2.24) is 10.2 Å². The van der Waals surface area contributed by atoms with Gasteiger partial charge in [-0.05, 0) is 12.8 Å². The maximum Gasteiger partial charge on any atom is 0.317 e. The van der Waals surface area contributed by atoms with Crippen LogP contribution in [0.1, 0.15) is 19.8 Å². The Hall–Kier alpha value is -1.04. The Morgan fingerprint density at radius 2 is 2.24 bits per heavy atom. The second-order valence-corrected chi connectivity index (χ2v) is 5.41. The quantitative estimate of drug-likeness (QED) is 0.832. The van der Waals surface area contributed by atoms with Crippen LogP contribution in [0.2, 0.25) is 0 Å². The number of nitrogens with one attached hydrogen (secondary N) is 1. The van der Waals surface area contributed by atoms with Crippen molar-refractivity contribution < 1.29 is 14.7 Å². The van der Waals surface area contributed by atoms with Gasteiger partial charge in [-0.15, -0.1) is 0 Å². The second-order valence-electron chi connectivity index (χ2n) is 4.29. The van der Waals surface area contributed by atoms with E-state index in [1.807, 2.05) is 6.92 Å². The molecule has 0 aliphatic carbocycles. The van der Waals surface area contributed by atoms with Gasteiger partial charge in [0.05, 0.1) is 12.0 Å². The number of nitrogens with zero attached hydrogens (tertiary/aromatic N) is 1. The normalized spacial score (nSPS) is 23.5. The molecule has 2 amide bonds. The number of carbonyl (C=O) groups excluding carboxylic acids is 1. The van der Waals surface area contributed by atoms with Crippen LogP contribution in [0.5, 0.6) is 0 Å². The number of urea groups is 1. The zero-order valence-electron chi connectivity index (χ0n) is 9.83. The van der Waals surface area contributed by atoms with E-state index in [0.717, 1.165) is 0 Å². The smallest absolute Gasteiger partial charge is 0.317 e. The zero-order valence-corrected chi connectivity index (χ0v) is 11.4. The molecule has 5 nitrogen and oxygen atoms in total. The van der Waals surface area contributed by atoms with Crippen LogP contribution in [-0.2, 0) is 4.79 Å². The minimum atomic E-state index is -0.819. The van der Waals surface area contributed by atoms with Crippen molar-refractivity contribution in [1.29, 1.82) is 0 Å². The fourth-order valence-electron chi connectivity index (χ4n) is 1.94. The molecule has 2 N–H and O–H groups in total. The molecule has 1 saturated heterocycles. The Morgan fingerprint density at radius 1 is 1.59 bits per heavy atom. The molecule has 0 aromatic carbocycles. The van der Waals surface area contributed by atoms with E-state index in [9.17, 15) is 14.7 Å². The maximum atomic E-state index is 11.7. The molecule has 0 aromatic rings. The van der Waals surface area contributed by atoms with Gasteiger partial charge in [0.25, 0.3) is 0 Å². The molecular weight excluding hydrogens is 288 g/mol. The van der Waals surface area contributed by atoms with E-state index in [0.29, 0.717) is 30.4 Å². The molecule has 1 rings (SSSR count). The third-order valence-corrected chi connectivity index (χ3v) is 3.48. The standard InChI is InChI=1S/C11H17BrN2O3/c1-3-11(9(15)16)4-5-14(7-11)10(17)13-6-8(2)12/h2-7H2,1H3,(H,13,17)(H,15,16). The van der Waals surface area contributed by atoms with Crippen LogP contribution in [0.3, 0.4) is 0 Å². The number of aliphatic carboxylic acids is 1. The van der Waals surface area contributed by atoms with E-state index >= 15 is 0 Å². The van der Waals surface area contributed by atoms with E-state index in [1.165, 1.54) is 0 Å². The zero-order chi connectivity index (χ0) is 13.1. The Balaban J connectivity index is 2.57. The molecule has 1 aliphatic heterocycles. The molecule has 1 atom stereocenters. The average Bonchev–Trinajstić information content (AvgIpc) is 2.71. The monoisotopic (exact) mass is 304 g/mol. The number of amides is 2. The summed E-state index contributed by atoms with van der Waals surface area (Å²) in [5, 5.41) is 11.9. The molecule has 17 heavy (non-hydrogen) atoms. The molecule has 0 radical (unpaired) electrons. The highest BCUT2D eigenvalue weighted by Gasteiger charge is 2.44. The fourth-order valence-corrected chi connectivity index (χ4v) is 2.08. The first-order valence-electron chi connectivity index (χ1n) is 5.51. The third kappa shape index (κ3) is 3.21. The number of hydrogen-bond acceptors (Lipinski definition) is 2. The van der Waals surface area contributed by atoms with E-state index in [-0.39, 0.29) is 12.6 Å². The summed E-state index contributed by atoms with van der Waals surface area (Å²) in [6, 6.07) is -0.234. The number of carboxylic acid groups (broad SMARTS) is 1. The van der Waals surface area contributed by atoms with E-state index in [4.69, 9.17) is 0 Å². The summed E-state index contributed by atoms with van der Waals surface area (Å²) in [6.45, 7) is 6.57. The molecule has 96 valence electrons. The second kappa shape index (κ2) is 5.53. The lowest BCUT2D eigenvalue weighted by Crippen LogP contribution is -2.41. The van der Waals surface area contributed by atoms with Crippen molar-refractivity contribution in [3.63, 3.8) is 0 Å². The molecule has 0 saturated carbocycles. The molecule has 1 unspecified atom stereocenters. The van der Waals surface area contributed by atoms with Crippen LogP contribution in [0, 0.1) is 5.41 Å². The number of hydrogen-bond donors (Lipinski definition) is 2. The Labute approximate surface area is 109 Å². The van der Waals surface area contributed by atoms with Crippen molar-refractivity contribution in [3.05, 3.63) is 11.1 Å². The summed E-state index contributed by atoms with van der Waals surface area (Å²) in [5.74, 6) is -0.819. The Morgan fingerprint density at radius 3 is 2.65 bits per heavy atom. The van der Waals surface area contributed by atoms with Crippen LogP contribution < -0.4 is 5.32 Å². The molecule has 1 aliphatic rings. The first-order chi connectivity index (χ1) is 7.91. The van der Waals surface area contributed by atoms with Gasteiger partial charge < -0.3 is 15.3 Å². The molecule has 0 aromatic heterocycles. The SMILES string of the molecule is C=C(Br)CNC(=O)N1CCC(CC)(C(=O)O)C1. The van der Waals surface area contributed by atoms with Crippen LogP contribution in [-0.4, -0.2) is 41.6 Å². The third-order valence-electron chi connectivity index (χ3n) is 3.20. The molecule has 1 heterocycles. The van der Waals surface area contributed by atoms with Crippen molar-refractivity contribution >= 4 is 27.9 Å². The maximum absolute atomic E-state index is 11.7. The fraction of sp³-hybridized carbons (Fsp3) is 0.636. The minimum Gasteiger partial charge on any atom is -0.481 e. The predicted octanol–water partition coefficient (Wildman–Crippen LogP) is 1.79. The molecule has 0 bridgehead atoms. The van der Waals surface area contributed by atoms with Gasteiger partial charge in [0.2, 0.25) is 0 Å². The largest absolute Gasteiger partial charge is 0.481 e. The van der Waals surface area contributed by atoms with Crippen molar-refractivity contribution in [2.24, 2.45) is 5.41 Å². The van der Waals surface area contributed by atoms with E-state index < -0.39 is 11.4 Å². The van der Waals surface area contributed by atoms with Gasteiger partial charge in [0.1, 0.15) is 0 Å². The van der Waals surface area contributed by atoms with Crippen molar-refractivity contribution in [2.45, 2.75) is 19.8 Å². The lowest BCUT2D eigenvalue weighted by atomic mass is 9.84. The highest BCUT2D eigenvalue weighted by molar-refractivity contribution is 9.11. The van der Waals surface area contributed by atoms with E-state index in [1.54, 1.807) is 4.90 Å².